The number of hydrogen-bond acceptors (Lipinski definition) is 4. The van der Waals surface area contributed by atoms with Gasteiger partial charge in [-0.3, -0.25) is 4.90 Å². The summed E-state index contributed by atoms with van der Waals surface area (Å²) in [6.07, 6.45) is 1.11. The van der Waals surface area contributed by atoms with Gasteiger partial charge in [0.25, 0.3) is 0 Å². The molecule has 0 saturated carbocycles. The maximum Gasteiger partial charge on any atom is 0.161 e. The molecular formula is C21H31NO2S. The number of thiophene rings is 1. The van der Waals surface area contributed by atoms with E-state index in [1.54, 1.807) is 14.2 Å². The maximum atomic E-state index is 5.53. The third-order valence-corrected chi connectivity index (χ3v) is 6.34. The van der Waals surface area contributed by atoms with Crippen LogP contribution in [0.1, 0.15) is 48.6 Å². The third-order valence-electron chi connectivity index (χ3n) is 5.03. The van der Waals surface area contributed by atoms with Crippen molar-refractivity contribution in [2.24, 2.45) is 0 Å². The summed E-state index contributed by atoms with van der Waals surface area (Å²) in [7, 11) is 3.37. The van der Waals surface area contributed by atoms with E-state index in [0.29, 0.717) is 6.04 Å². The molecule has 3 nitrogen and oxygen atoms in total. The van der Waals surface area contributed by atoms with Gasteiger partial charge in [0.1, 0.15) is 0 Å². The Morgan fingerprint density at radius 1 is 1.00 bits per heavy atom. The molecule has 0 spiro atoms. The smallest absolute Gasteiger partial charge is 0.161 e. The highest BCUT2D eigenvalue weighted by molar-refractivity contribution is 7.12. The van der Waals surface area contributed by atoms with Crippen molar-refractivity contribution in [2.45, 2.75) is 47.1 Å². The van der Waals surface area contributed by atoms with Crippen LogP contribution in [0.15, 0.2) is 18.2 Å². The number of hydrogen-bond donors (Lipinski definition) is 0. The molecule has 0 aliphatic rings. The highest BCUT2D eigenvalue weighted by atomic mass is 32.1. The molecule has 0 aliphatic heterocycles. The molecule has 1 aromatic carbocycles. The fraction of sp³-hybridized carbons (Fsp3) is 0.524. The molecule has 0 aliphatic carbocycles. The highest BCUT2D eigenvalue weighted by Gasteiger charge is 2.25. The Bertz CT molecular complexity index is 704. The minimum atomic E-state index is 0.454. The van der Waals surface area contributed by atoms with Gasteiger partial charge in [-0.2, -0.15) is 0 Å². The number of aryl methyl sites for hydroxylation is 1. The molecule has 1 aromatic heterocycles. The van der Waals surface area contributed by atoms with Gasteiger partial charge >= 0.3 is 0 Å². The average Bonchev–Trinajstić information content (AvgIpc) is 2.93. The molecule has 4 heteroatoms. The van der Waals surface area contributed by atoms with Gasteiger partial charge in [0.15, 0.2) is 11.5 Å². The first-order valence-corrected chi connectivity index (χ1v) is 9.90. The molecule has 0 N–H and O–H groups in total. The minimum absolute atomic E-state index is 0.454. The summed E-state index contributed by atoms with van der Waals surface area (Å²) < 4.78 is 10.9. The van der Waals surface area contributed by atoms with Crippen molar-refractivity contribution in [1.29, 1.82) is 0 Å². The lowest BCUT2D eigenvalue weighted by Crippen LogP contribution is -2.27. The SMILES string of the molecule is CCC(c1sc(C)c(C)c1-c1ccc(OC)c(OC)c1)N(CC)CC. The molecule has 1 unspecified atom stereocenters. The normalized spacial score (nSPS) is 12.5. The lowest BCUT2D eigenvalue weighted by atomic mass is 9.96. The Balaban J connectivity index is 2.62. The van der Waals surface area contributed by atoms with Crippen LogP contribution in [0, 0.1) is 13.8 Å². The van der Waals surface area contributed by atoms with Crippen molar-refractivity contribution in [3.8, 4) is 22.6 Å². The van der Waals surface area contributed by atoms with Crippen LogP contribution < -0.4 is 9.47 Å². The van der Waals surface area contributed by atoms with E-state index in [1.165, 1.54) is 26.4 Å². The number of rotatable bonds is 8. The molecule has 2 aromatic rings. The molecule has 138 valence electrons. The predicted molar refractivity (Wildman–Crippen MR) is 108 cm³/mol. The minimum Gasteiger partial charge on any atom is -0.493 e. The number of benzene rings is 1. The quantitative estimate of drug-likeness (QED) is 0.589. The summed E-state index contributed by atoms with van der Waals surface area (Å²) in [5.41, 5.74) is 3.94. The van der Waals surface area contributed by atoms with Gasteiger partial charge in [-0.05, 0) is 56.6 Å². The van der Waals surface area contributed by atoms with Crippen LogP contribution in [0.3, 0.4) is 0 Å². The monoisotopic (exact) mass is 361 g/mol. The Kier molecular flexibility index (Phi) is 6.91. The second-order valence-corrected chi connectivity index (χ2v) is 7.49. The van der Waals surface area contributed by atoms with E-state index < -0.39 is 0 Å². The van der Waals surface area contributed by atoms with E-state index in [-0.39, 0.29) is 0 Å². The van der Waals surface area contributed by atoms with E-state index >= 15 is 0 Å². The topological polar surface area (TPSA) is 21.7 Å². The molecule has 1 atom stereocenters. The molecule has 2 rings (SSSR count). The first-order valence-electron chi connectivity index (χ1n) is 9.08. The average molecular weight is 362 g/mol. The Morgan fingerprint density at radius 3 is 2.16 bits per heavy atom. The zero-order chi connectivity index (χ0) is 18.6. The highest BCUT2D eigenvalue weighted by Crippen LogP contribution is 2.44. The first kappa shape index (κ1) is 19.8. The first-order chi connectivity index (χ1) is 12.0. The zero-order valence-corrected chi connectivity index (χ0v) is 17.4. The fourth-order valence-corrected chi connectivity index (χ4v) is 4.92. The Morgan fingerprint density at radius 2 is 1.64 bits per heavy atom. The van der Waals surface area contributed by atoms with Crippen molar-refractivity contribution >= 4 is 11.3 Å². The summed E-state index contributed by atoms with van der Waals surface area (Å²) in [6.45, 7) is 13.4. The van der Waals surface area contributed by atoms with Gasteiger partial charge in [-0.25, -0.2) is 0 Å². The van der Waals surface area contributed by atoms with Crippen LogP contribution in [0.5, 0.6) is 11.5 Å². The molecule has 25 heavy (non-hydrogen) atoms. The molecule has 0 fully saturated rings. The number of nitrogens with zero attached hydrogens (tertiary/aromatic N) is 1. The number of ether oxygens (including phenoxy) is 2. The van der Waals surface area contributed by atoms with E-state index in [9.17, 15) is 0 Å². The van der Waals surface area contributed by atoms with Crippen LogP contribution in [-0.4, -0.2) is 32.2 Å². The van der Waals surface area contributed by atoms with Crippen LogP contribution in [0.2, 0.25) is 0 Å². The molecule has 0 saturated heterocycles. The summed E-state index contributed by atoms with van der Waals surface area (Å²) in [6, 6.07) is 6.71. The van der Waals surface area contributed by atoms with Gasteiger partial charge in [0.05, 0.1) is 14.2 Å². The Labute approximate surface area is 156 Å². The Hall–Kier alpha value is -1.52. The van der Waals surface area contributed by atoms with Crippen LogP contribution in [-0.2, 0) is 0 Å². The van der Waals surface area contributed by atoms with Crippen molar-refractivity contribution in [3.63, 3.8) is 0 Å². The van der Waals surface area contributed by atoms with Gasteiger partial charge < -0.3 is 9.47 Å². The second kappa shape index (κ2) is 8.72. The van der Waals surface area contributed by atoms with Crippen molar-refractivity contribution in [1.82, 2.24) is 4.90 Å². The van der Waals surface area contributed by atoms with Crippen LogP contribution in [0.25, 0.3) is 11.1 Å². The number of methoxy groups -OCH3 is 2. The van der Waals surface area contributed by atoms with E-state index in [2.05, 4.69) is 51.7 Å². The van der Waals surface area contributed by atoms with Crippen molar-refractivity contribution < 1.29 is 9.47 Å². The summed E-state index contributed by atoms with van der Waals surface area (Å²) in [4.78, 5) is 5.41. The van der Waals surface area contributed by atoms with Crippen LogP contribution >= 0.6 is 11.3 Å². The van der Waals surface area contributed by atoms with Crippen molar-refractivity contribution in [3.05, 3.63) is 33.5 Å². The molecular weight excluding hydrogens is 330 g/mol. The largest absolute Gasteiger partial charge is 0.493 e. The molecule has 0 radical (unpaired) electrons. The van der Waals surface area contributed by atoms with E-state index in [4.69, 9.17) is 9.47 Å². The van der Waals surface area contributed by atoms with Gasteiger partial charge in [0, 0.05) is 21.4 Å². The fourth-order valence-electron chi connectivity index (χ4n) is 3.51. The maximum absolute atomic E-state index is 5.53. The third kappa shape index (κ3) is 3.85. The molecule has 0 amide bonds. The van der Waals surface area contributed by atoms with E-state index in [1.807, 2.05) is 17.4 Å². The zero-order valence-electron chi connectivity index (χ0n) is 16.6. The molecule has 1 heterocycles. The van der Waals surface area contributed by atoms with Gasteiger partial charge in [-0.15, -0.1) is 11.3 Å². The van der Waals surface area contributed by atoms with Crippen molar-refractivity contribution in [2.75, 3.05) is 27.3 Å². The summed E-state index contributed by atoms with van der Waals surface area (Å²) in [5.74, 6) is 1.55. The van der Waals surface area contributed by atoms with E-state index in [0.717, 1.165) is 31.0 Å². The summed E-state index contributed by atoms with van der Waals surface area (Å²) >= 11 is 1.94. The standard InChI is InChI=1S/C21H31NO2S/c1-8-17(22(9-2)10-3)21-20(14(4)15(5)25-21)16-11-12-18(23-6)19(13-16)24-7/h11-13,17H,8-10H2,1-7H3. The second-order valence-electron chi connectivity index (χ2n) is 6.24. The molecule has 0 bridgehead atoms. The lowest BCUT2D eigenvalue weighted by molar-refractivity contribution is 0.217. The predicted octanol–water partition coefficient (Wildman–Crippen LogP) is 5.84. The lowest BCUT2D eigenvalue weighted by Gasteiger charge is -2.29. The summed E-state index contributed by atoms with van der Waals surface area (Å²) in [5, 5.41) is 0. The van der Waals surface area contributed by atoms with Gasteiger partial charge in [-0.1, -0.05) is 26.8 Å². The van der Waals surface area contributed by atoms with Crippen LogP contribution in [0.4, 0.5) is 0 Å². The van der Waals surface area contributed by atoms with Gasteiger partial charge in [0.2, 0.25) is 0 Å².